The van der Waals surface area contributed by atoms with Crippen molar-refractivity contribution >= 4 is 17.1 Å². The molecule has 0 radical (unpaired) electrons. The number of aliphatic hydroxyl groups excluding tert-OH is 1. The number of nitrogens with two attached hydrogens (primary N) is 1. The number of amides is 1. The van der Waals surface area contributed by atoms with Crippen LogP contribution in [0.5, 0.6) is 0 Å². The first-order valence-electron chi connectivity index (χ1n) is 8.84. The highest BCUT2D eigenvalue weighted by Gasteiger charge is 2.29. The van der Waals surface area contributed by atoms with E-state index in [9.17, 15) is 9.90 Å². The number of aliphatic hydroxyl groups is 1. The summed E-state index contributed by atoms with van der Waals surface area (Å²) in [6, 6.07) is 10.0. The first-order chi connectivity index (χ1) is 12.6. The Balaban J connectivity index is 1.82. The number of carbonyl (C=O) groups excluding carboxylic acids is 1. The van der Waals surface area contributed by atoms with Crippen molar-refractivity contribution in [2.75, 3.05) is 5.32 Å². The topological polar surface area (TPSA) is 92.6 Å². The number of primary amides is 1. The van der Waals surface area contributed by atoms with Crippen molar-refractivity contribution in [2.24, 2.45) is 11.7 Å². The van der Waals surface area contributed by atoms with Crippen molar-refractivity contribution in [3.63, 3.8) is 0 Å². The molecule has 2 aromatic heterocycles. The second-order valence-electron chi connectivity index (χ2n) is 6.99. The molecule has 1 amide bonds. The van der Waals surface area contributed by atoms with Crippen LogP contribution in [0.15, 0.2) is 42.7 Å². The fourth-order valence-corrected chi connectivity index (χ4v) is 3.34. The second-order valence-corrected chi connectivity index (χ2v) is 6.99. The summed E-state index contributed by atoms with van der Waals surface area (Å²) >= 11 is 0. The van der Waals surface area contributed by atoms with Gasteiger partial charge in [0.05, 0.1) is 29.6 Å². The maximum absolute atomic E-state index is 11.9. The fourth-order valence-electron chi connectivity index (χ4n) is 3.34. The molecular weight excluding hydrogens is 328 g/mol. The Bertz CT molecular complexity index is 975. The SMILES string of the molecule is CC(Nc1c(C(N)=O)cnn2cc(-c3cccc(CO)c3)cc12)C1CC1. The van der Waals surface area contributed by atoms with Crippen LogP contribution in [0.4, 0.5) is 5.69 Å². The molecule has 4 rings (SSSR count). The van der Waals surface area contributed by atoms with Crippen molar-refractivity contribution in [3.05, 3.63) is 53.9 Å². The third kappa shape index (κ3) is 3.04. The molecule has 1 aliphatic carbocycles. The van der Waals surface area contributed by atoms with E-state index in [1.54, 1.807) is 4.52 Å². The number of anilines is 1. The van der Waals surface area contributed by atoms with Crippen LogP contribution in [0.25, 0.3) is 16.6 Å². The van der Waals surface area contributed by atoms with Crippen molar-refractivity contribution in [1.29, 1.82) is 0 Å². The van der Waals surface area contributed by atoms with Crippen LogP contribution in [0.3, 0.4) is 0 Å². The van der Waals surface area contributed by atoms with Crippen molar-refractivity contribution in [2.45, 2.75) is 32.4 Å². The van der Waals surface area contributed by atoms with Crippen LogP contribution in [-0.2, 0) is 6.61 Å². The van der Waals surface area contributed by atoms with E-state index in [-0.39, 0.29) is 12.6 Å². The van der Waals surface area contributed by atoms with Gasteiger partial charge in [0.2, 0.25) is 0 Å². The summed E-state index contributed by atoms with van der Waals surface area (Å²) in [4.78, 5) is 11.9. The smallest absolute Gasteiger partial charge is 0.252 e. The lowest BCUT2D eigenvalue weighted by molar-refractivity contribution is 0.100. The average Bonchev–Trinajstić information content (AvgIpc) is 3.40. The first kappa shape index (κ1) is 16.6. The number of nitrogens with one attached hydrogen (secondary N) is 1. The van der Waals surface area contributed by atoms with Crippen LogP contribution < -0.4 is 11.1 Å². The lowest BCUT2D eigenvalue weighted by Crippen LogP contribution is -2.22. The molecule has 1 aromatic carbocycles. The van der Waals surface area contributed by atoms with Gasteiger partial charge in [-0.25, -0.2) is 4.52 Å². The van der Waals surface area contributed by atoms with Crippen molar-refractivity contribution < 1.29 is 9.90 Å². The van der Waals surface area contributed by atoms with Crippen molar-refractivity contribution in [1.82, 2.24) is 9.61 Å². The van der Waals surface area contributed by atoms with Gasteiger partial charge in [-0.1, -0.05) is 18.2 Å². The van der Waals surface area contributed by atoms with Crippen LogP contribution in [-0.4, -0.2) is 26.7 Å². The summed E-state index contributed by atoms with van der Waals surface area (Å²) in [5.41, 5.74) is 10.3. The Morgan fingerprint density at radius 2 is 2.19 bits per heavy atom. The number of benzene rings is 1. The monoisotopic (exact) mass is 350 g/mol. The maximum Gasteiger partial charge on any atom is 0.252 e. The van der Waals surface area contributed by atoms with E-state index >= 15 is 0 Å². The summed E-state index contributed by atoms with van der Waals surface area (Å²) in [6.07, 6.45) is 5.86. The fraction of sp³-hybridized carbons (Fsp3) is 0.300. The second kappa shape index (κ2) is 6.46. The molecule has 6 heteroatoms. The molecule has 1 atom stereocenters. The van der Waals surface area contributed by atoms with E-state index in [0.29, 0.717) is 11.5 Å². The van der Waals surface area contributed by atoms with Gasteiger partial charge in [-0.05, 0) is 48.9 Å². The highest BCUT2D eigenvalue weighted by Crippen LogP contribution is 2.36. The highest BCUT2D eigenvalue weighted by atomic mass is 16.3. The predicted octanol–water partition coefficient (Wildman–Crippen LogP) is 2.80. The number of carbonyl (C=O) groups is 1. The number of hydrogen-bond acceptors (Lipinski definition) is 4. The lowest BCUT2D eigenvalue weighted by atomic mass is 10.1. The lowest BCUT2D eigenvalue weighted by Gasteiger charge is -2.17. The maximum atomic E-state index is 11.9. The van der Waals surface area contributed by atoms with Gasteiger partial charge in [-0.3, -0.25) is 4.79 Å². The average molecular weight is 350 g/mol. The number of rotatable bonds is 6. The molecule has 6 nitrogen and oxygen atoms in total. The minimum absolute atomic E-state index is 0.00298. The normalized spacial score (nSPS) is 15.2. The number of aromatic nitrogens is 2. The number of nitrogens with zero attached hydrogens (tertiary/aromatic N) is 2. The number of fused-ring (bicyclic) bond motifs is 1. The van der Waals surface area contributed by atoms with Gasteiger partial charge in [0.1, 0.15) is 0 Å². The molecule has 1 aliphatic rings. The van der Waals surface area contributed by atoms with E-state index < -0.39 is 5.91 Å². The van der Waals surface area contributed by atoms with Crippen LogP contribution in [0, 0.1) is 5.92 Å². The van der Waals surface area contributed by atoms with Crippen LogP contribution >= 0.6 is 0 Å². The molecule has 1 unspecified atom stereocenters. The Morgan fingerprint density at radius 3 is 2.88 bits per heavy atom. The van der Waals surface area contributed by atoms with E-state index in [1.165, 1.54) is 19.0 Å². The first-order valence-corrected chi connectivity index (χ1v) is 8.84. The zero-order chi connectivity index (χ0) is 18.3. The molecule has 0 spiro atoms. The molecule has 0 aliphatic heterocycles. The van der Waals surface area contributed by atoms with Gasteiger partial charge in [0.15, 0.2) is 0 Å². The van der Waals surface area contributed by atoms with Gasteiger partial charge in [0.25, 0.3) is 5.91 Å². The third-order valence-corrected chi connectivity index (χ3v) is 5.05. The summed E-state index contributed by atoms with van der Waals surface area (Å²) in [5, 5.41) is 17.2. The minimum Gasteiger partial charge on any atom is -0.392 e. The molecule has 1 saturated carbocycles. The molecule has 2 heterocycles. The van der Waals surface area contributed by atoms with Crippen LogP contribution in [0.1, 0.15) is 35.7 Å². The van der Waals surface area contributed by atoms with E-state index in [2.05, 4.69) is 17.3 Å². The van der Waals surface area contributed by atoms with Gasteiger partial charge in [-0.2, -0.15) is 5.10 Å². The molecule has 26 heavy (non-hydrogen) atoms. The van der Waals surface area contributed by atoms with Gasteiger partial charge < -0.3 is 16.2 Å². The highest BCUT2D eigenvalue weighted by molar-refractivity contribution is 6.02. The molecule has 0 saturated heterocycles. The summed E-state index contributed by atoms with van der Waals surface area (Å²) in [7, 11) is 0. The van der Waals surface area contributed by atoms with Gasteiger partial charge in [0, 0.05) is 17.8 Å². The quantitative estimate of drug-likeness (QED) is 0.637. The van der Waals surface area contributed by atoms with E-state index in [0.717, 1.165) is 27.9 Å². The van der Waals surface area contributed by atoms with Crippen molar-refractivity contribution in [3.8, 4) is 11.1 Å². The molecule has 4 N–H and O–H groups in total. The molecule has 0 bridgehead atoms. The standard InChI is InChI=1S/C20H22N4O2/c1-12(14-5-6-14)23-19-17(20(21)26)9-22-24-10-16(8-18(19)24)15-4-2-3-13(7-15)11-25/h2-4,7-10,12,14,23,25H,5-6,11H2,1H3,(H2,21,26). The third-order valence-electron chi connectivity index (χ3n) is 5.05. The minimum atomic E-state index is -0.490. The Hall–Kier alpha value is -2.86. The largest absolute Gasteiger partial charge is 0.392 e. The molecule has 3 aromatic rings. The zero-order valence-electron chi connectivity index (χ0n) is 14.6. The van der Waals surface area contributed by atoms with Gasteiger partial charge in [-0.15, -0.1) is 0 Å². The summed E-state index contributed by atoms with van der Waals surface area (Å²) < 4.78 is 1.76. The van der Waals surface area contributed by atoms with Crippen LogP contribution in [0.2, 0.25) is 0 Å². The zero-order valence-corrected chi connectivity index (χ0v) is 14.6. The summed E-state index contributed by atoms with van der Waals surface area (Å²) in [5.74, 6) is 0.148. The summed E-state index contributed by atoms with van der Waals surface area (Å²) in [6.45, 7) is 2.13. The Morgan fingerprint density at radius 1 is 1.38 bits per heavy atom. The molecule has 1 fully saturated rings. The number of hydrogen-bond donors (Lipinski definition) is 3. The predicted molar refractivity (Wildman–Crippen MR) is 101 cm³/mol. The Kier molecular flexibility index (Phi) is 4.12. The molecule has 134 valence electrons. The van der Waals surface area contributed by atoms with E-state index in [4.69, 9.17) is 5.73 Å². The van der Waals surface area contributed by atoms with E-state index in [1.807, 2.05) is 36.5 Å². The Labute approximate surface area is 151 Å². The molecular formula is C20H22N4O2. The van der Waals surface area contributed by atoms with Gasteiger partial charge >= 0.3 is 0 Å².